The highest BCUT2D eigenvalue weighted by Crippen LogP contribution is 2.29. The number of fused-ring (bicyclic) bond motifs is 1. The van der Waals surface area contributed by atoms with E-state index in [0.29, 0.717) is 29.7 Å². The molecule has 0 aliphatic rings. The number of nitro groups is 1. The van der Waals surface area contributed by atoms with Gasteiger partial charge in [0.2, 0.25) is 0 Å². The van der Waals surface area contributed by atoms with E-state index in [-0.39, 0.29) is 16.9 Å². The molecule has 1 aromatic heterocycles. The lowest BCUT2D eigenvalue weighted by molar-refractivity contribution is -0.384. The van der Waals surface area contributed by atoms with E-state index in [0.717, 1.165) is 21.9 Å². The van der Waals surface area contributed by atoms with E-state index in [2.05, 4.69) is 10.3 Å². The number of nitrogens with one attached hydrogen (secondary N) is 2. The van der Waals surface area contributed by atoms with Crippen molar-refractivity contribution in [2.45, 2.75) is 9.79 Å². The van der Waals surface area contributed by atoms with Crippen molar-refractivity contribution in [3.63, 3.8) is 0 Å². The maximum Gasteiger partial charge on any atom is 0.293 e. The van der Waals surface area contributed by atoms with Gasteiger partial charge in [-0.15, -0.1) is 11.8 Å². The Labute approximate surface area is 251 Å². The molecule has 1 amide bonds. The molecule has 0 aliphatic heterocycles. The molecule has 0 saturated heterocycles. The molecule has 10 nitrogen and oxygen atoms in total. The molecule has 0 atom stereocenters. The number of amides is 1. The van der Waals surface area contributed by atoms with Crippen LogP contribution >= 0.6 is 11.8 Å². The second-order valence-electron chi connectivity index (χ2n) is 9.27. The molecule has 0 aliphatic carbocycles. The van der Waals surface area contributed by atoms with Crippen molar-refractivity contribution in [2.24, 2.45) is 0 Å². The predicted molar refractivity (Wildman–Crippen MR) is 166 cm³/mol. The number of carbonyl (C=O) groups excluding carboxylic acids is 2. The predicted octanol–water partition coefficient (Wildman–Crippen LogP) is 5.95. The first-order chi connectivity index (χ1) is 20.7. The Kier molecular flexibility index (Phi) is 8.79. The first-order valence-electron chi connectivity index (χ1n) is 13.0. The van der Waals surface area contributed by atoms with Gasteiger partial charge in [-0.2, -0.15) is 0 Å². The van der Waals surface area contributed by atoms with E-state index in [1.165, 1.54) is 24.3 Å². The van der Waals surface area contributed by atoms with Crippen LogP contribution in [0.4, 0.5) is 11.4 Å². The minimum atomic E-state index is -4.42. The Morgan fingerprint density at radius 2 is 1.70 bits per heavy atom. The quantitative estimate of drug-likeness (QED) is 0.0607. The molecule has 2 N–H and O–H groups in total. The lowest BCUT2D eigenvalue weighted by atomic mass is 10.0. The number of hydrogen-bond acceptors (Lipinski definition) is 9. The number of rotatable bonds is 11. The summed E-state index contributed by atoms with van der Waals surface area (Å²) in [6.07, 6.45) is 0.662. The first-order valence-corrected chi connectivity index (χ1v) is 15.4. The number of nitro benzene ring substituents is 1. The van der Waals surface area contributed by atoms with Gasteiger partial charge in [0.25, 0.3) is 21.6 Å². The maximum absolute atomic E-state index is 13.0. The van der Waals surface area contributed by atoms with Gasteiger partial charge in [-0.25, -0.2) is 18.1 Å². The van der Waals surface area contributed by atoms with Gasteiger partial charge in [-0.1, -0.05) is 54.6 Å². The number of para-hydroxylation sites is 1. The molecule has 4 aromatic carbocycles. The monoisotopic (exact) mass is 612 g/mol. The number of benzene rings is 4. The number of hydrogen-bond donors (Lipinski definition) is 2. The molecule has 0 bridgehead atoms. The summed E-state index contributed by atoms with van der Waals surface area (Å²) < 4.78 is 28.0. The van der Waals surface area contributed by atoms with E-state index in [9.17, 15) is 28.1 Å². The SMILES string of the molecule is O=Cc1ccc2cccc(-c3ccc(C(=O)NS(=O)(=O)c4ccc(NCCSc5ccccc5)c([N+](=O)[O-])c4)cc3)c2n1. The van der Waals surface area contributed by atoms with E-state index >= 15 is 0 Å². The third-order valence-electron chi connectivity index (χ3n) is 6.45. The Morgan fingerprint density at radius 3 is 2.42 bits per heavy atom. The number of aromatic nitrogens is 1. The smallest absolute Gasteiger partial charge is 0.293 e. The van der Waals surface area contributed by atoms with Crippen LogP contribution in [0.2, 0.25) is 0 Å². The van der Waals surface area contributed by atoms with Crippen LogP contribution in [-0.4, -0.2) is 42.8 Å². The molecular weight excluding hydrogens is 588 g/mol. The fourth-order valence-corrected chi connectivity index (χ4v) is 6.14. The number of nitrogens with zero attached hydrogens (tertiary/aromatic N) is 2. The topological polar surface area (TPSA) is 148 Å². The average molecular weight is 613 g/mol. The van der Waals surface area contributed by atoms with Gasteiger partial charge in [0.1, 0.15) is 11.4 Å². The third-order valence-corrected chi connectivity index (χ3v) is 8.80. The van der Waals surface area contributed by atoms with Crippen molar-refractivity contribution in [3.8, 4) is 11.1 Å². The summed E-state index contributed by atoms with van der Waals surface area (Å²) >= 11 is 1.58. The molecule has 0 fully saturated rings. The molecule has 5 rings (SSSR count). The summed E-state index contributed by atoms with van der Waals surface area (Å²) in [5, 5.41) is 15.5. The van der Waals surface area contributed by atoms with Gasteiger partial charge in [0.15, 0.2) is 6.29 Å². The number of pyridine rings is 1. The van der Waals surface area contributed by atoms with Crippen molar-refractivity contribution in [2.75, 3.05) is 17.6 Å². The zero-order valence-corrected chi connectivity index (χ0v) is 24.1. The molecule has 0 saturated carbocycles. The molecule has 0 radical (unpaired) electrons. The number of anilines is 1. The minimum absolute atomic E-state index is 0.0674. The largest absolute Gasteiger partial charge is 0.379 e. The Hall–Kier alpha value is -5.07. The molecule has 0 unspecified atom stereocenters. The van der Waals surface area contributed by atoms with Crippen molar-refractivity contribution >= 4 is 56.3 Å². The highest BCUT2D eigenvalue weighted by molar-refractivity contribution is 7.99. The molecular formula is C31H24N4O6S2. The number of sulfonamides is 1. The van der Waals surface area contributed by atoms with Crippen LogP contribution < -0.4 is 10.0 Å². The average Bonchev–Trinajstić information content (AvgIpc) is 3.02. The Bertz CT molecular complexity index is 1930. The second-order valence-corrected chi connectivity index (χ2v) is 12.1. The summed E-state index contributed by atoms with van der Waals surface area (Å²) in [4.78, 5) is 40.2. The Morgan fingerprint density at radius 1 is 0.930 bits per heavy atom. The minimum Gasteiger partial charge on any atom is -0.379 e. The van der Waals surface area contributed by atoms with Crippen LogP contribution in [0, 0.1) is 10.1 Å². The third kappa shape index (κ3) is 6.88. The van der Waals surface area contributed by atoms with Gasteiger partial charge in [-0.3, -0.25) is 19.7 Å². The number of thioether (sulfide) groups is 1. The van der Waals surface area contributed by atoms with Crippen molar-refractivity contribution in [3.05, 3.63) is 124 Å². The summed E-state index contributed by atoms with van der Waals surface area (Å²) in [6.45, 7) is 0.409. The fraction of sp³-hybridized carbons (Fsp3) is 0.0645. The molecule has 216 valence electrons. The first kappa shape index (κ1) is 29.4. The highest BCUT2D eigenvalue weighted by atomic mass is 32.2. The van der Waals surface area contributed by atoms with Gasteiger partial charge < -0.3 is 5.32 Å². The molecule has 1 heterocycles. The summed E-state index contributed by atoms with van der Waals surface area (Å²) in [7, 11) is -4.42. The van der Waals surface area contributed by atoms with Gasteiger partial charge in [0.05, 0.1) is 15.3 Å². The van der Waals surface area contributed by atoms with Gasteiger partial charge in [-0.05, 0) is 48.0 Å². The van der Waals surface area contributed by atoms with Crippen molar-refractivity contribution < 1.29 is 22.9 Å². The van der Waals surface area contributed by atoms with Crippen LogP contribution in [0.1, 0.15) is 20.8 Å². The Balaban J connectivity index is 1.29. The molecule has 12 heteroatoms. The van der Waals surface area contributed by atoms with Gasteiger partial charge >= 0.3 is 0 Å². The lowest BCUT2D eigenvalue weighted by Crippen LogP contribution is -2.30. The lowest BCUT2D eigenvalue weighted by Gasteiger charge is -2.11. The van der Waals surface area contributed by atoms with Crippen LogP contribution in [0.15, 0.2) is 113 Å². The van der Waals surface area contributed by atoms with E-state index in [1.54, 1.807) is 36.0 Å². The highest BCUT2D eigenvalue weighted by Gasteiger charge is 2.24. The van der Waals surface area contributed by atoms with Crippen LogP contribution in [0.5, 0.6) is 0 Å². The molecule has 0 spiro atoms. The second kappa shape index (κ2) is 12.8. The van der Waals surface area contributed by atoms with Crippen LogP contribution in [-0.2, 0) is 10.0 Å². The molecule has 5 aromatic rings. The van der Waals surface area contributed by atoms with Crippen molar-refractivity contribution in [1.82, 2.24) is 9.71 Å². The molecule has 43 heavy (non-hydrogen) atoms. The normalized spacial score (nSPS) is 11.2. The zero-order valence-electron chi connectivity index (χ0n) is 22.5. The van der Waals surface area contributed by atoms with E-state index in [1.807, 2.05) is 53.3 Å². The van der Waals surface area contributed by atoms with E-state index < -0.39 is 31.4 Å². The number of carbonyl (C=O) groups is 2. The van der Waals surface area contributed by atoms with Crippen molar-refractivity contribution in [1.29, 1.82) is 0 Å². The number of aldehydes is 1. The van der Waals surface area contributed by atoms with Crippen LogP contribution in [0.3, 0.4) is 0 Å². The summed E-state index contributed by atoms with van der Waals surface area (Å²) in [6, 6.07) is 28.3. The summed E-state index contributed by atoms with van der Waals surface area (Å²) in [5.74, 6) is -0.263. The van der Waals surface area contributed by atoms with Crippen LogP contribution in [0.25, 0.3) is 22.0 Å². The fourth-order valence-electron chi connectivity index (χ4n) is 4.35. The van der Waals surface area contributed by atoms with Gasteiger partial charge in [0, 0.05) is 39.8 Å². The standard InChI is InChI=1S/C31H24N4O6S2/c36-20-24-14-13-22-5-4-8-27(30(22)33-24)21-9-11-23(12-10-21)31(37)34-43(40,41)26-15-16-28(29(19-26)35(38)39)32-17-18-42-25-6-2-1-3-7-25/h1-16,19-20,32H,17-18H2,(H,34,37). The maximum atomic E-state index is 13.0. The van der Waals surface area contributed by atoms with E-state index in [4.69, 9.17) is 0 Å². The summed E-state index contributed by atoms with van der Waals surface area (Å²) in [5.41, 5.74) is 2.15. The zero-order chi connectivity index (χ0) is 30.4.